The lowest BCUT2D eigenvalue weighted by atomic mass is 10.1. The molecule has 0 aliphatic heterocycles. The minimum atomic E-state index is -0.673. The first-order valence-corrected chi connectivity index (χ1v) is 10.6. The van der Waals surface area contributed by atoms with Crippen LogP contribution in [0.15, 0.2) is 53.5 Å². The lowest BCUT2D eigenvalue weighted by molar-refractivity contribution is 0.0827. The summed E-state index contributed by atoms with van der Waals surface area (Å²) in [6, 6.07) is 14.9. The summed E-state index contributed by atoms with van der Waals surface area (Å²) in [5.74, 6) is 1.38. The summed E-state index contributed by atoms with van der Waals surface area (Å²) in [7, 11) is 3.47. The maximum Gasteiger partial charge on any atom is 0.253 e. The molecule has 0 radical (unpaired) electrons. The second-order valence-corrected chi connectivity index (χ2v) is 7.72. The van der Waals surface area contributed by atoms with Crippen LogP contribution in [0, 0.1) is 0 Å². The van der Waals surface area contributed by atoms with E-state index in [0.717, 1.165) is 16.9 Å². The highest BCUT2D eigenvalue weighted by atomic mass is 127. The van der Waals surface area contributed by atoms with E-state index < -0.39 is 6.10 Å². The van der Waals surface area contributed by atoms with Crippen LogP contribution in [0.25, 0.3) is 0 Å². The number of nitrogens with one attached hydrogen (secondary N) is 2. The Hall–Kier alpha value is -2.33. The number of hydrogen-bond acceptors (Lipinski definition) is 4. The van der Waals surface area contributed by atoms with Crippen LogP contribution in [0.1, 0.15) is 48.4 Å². The van der Waals surface area contributed by atoms with Gasteiger partial charge in [0.25, 0.3) is 5.91 Å². The molecule has 7 nitrogen and oxygen atoms in total. The molecule has 0 aliphatic carbocycles. The fraction of sp³-hybridized carbons (Fsp3) is 0.417. The van der Waals surface area contributed by atoms with E-state index in [9.17, 15) is 9.90 Å². The van der Waals surface area contributed by atoms with Gasteiger partial charge < -0.3 is 25.4 Å². The molecule has 0 saturated heterocycles. The third-order valence-corrected chi connectivity index (χ3v) is 4.47. The summed E-state index contributed by atoms with van der Waals surface area (Å²) in [6.07, 6.45) is -0.561. The largest absolute Gasteiger partial charge is 0.491 e. The van der Waals surface area contributed by atoms with Crippen molar-refractivity contribution in [1.29, 1.82) is 0 Å². The minimum absolute atomic E-state index is 0. The van der Waals surface area contributed by atoms with Gasteiger partial charge in [-0.2, -0.15) is 0 Å². The summed E-state index contributed by atoms with van der Waals surface area (Å²) in [4.78, 5) is 18.1. The van der Waals surface area contributed by atoms with Crippen molar-refractivity contribution in [2.24, 2.45) is 4.99 Å². The normalized spacial score (nSPS) is 12.0. The Balaban J connectivity index is 0.00000512. The van der Waals surface area contributed by atoms with Crippen LogP contribution in [-0.2, 0) is 6.54 Å². The molecule has 0 fully saturated rings. The second kappa shape index (κ2) is 13.9. The molecule has 2 aromatic carbocycles. The van der Waals surface area contributed by atoms with Crippen molar-refractivity contribution in [3.63, 3.8) is 0 Å². The molecule has 0 heterocycles. The van der Waals surface area contributed by atoms with Gasteiger partial charge in [-0.25, -0.2) is 4.99 Å². The van der Waals surface area contributed by atoms with Crippen LogP contribution in [-0.4, -0.2) is 55.2 Å². The molecule has 8 heteroatoms. The highest BCUT2D eigenvalue weighted by molar-refractivity contribution is 14.0. The Kier molecular flexibility index (Phi) is 12.1. The number of aliphatic hydroxyl groups excluding tert-OH is 1. The smallest absolute Gasteiger partial charge is 0.253 e. The van der Waals surface area contributed by atoms with Gasteiger partial charge in [0.15, 0.2) is 5.96 Å². The quantitative estimate of drug-likeness (QED) is 0.251. The fourth-order valence-electron chi connectivity index (χ4n) is 2.87. The lowest BCUT2D eigenvalue weighted by Crippen LogP contribution is -2.39. The zero-order valence-electron chi connectivity index (χ0n) is 19.5. The van der Waals surface area contributed by atoms with Gasteiger partial charge in [0.2, 0.25) is 0 Å². The number of ether oxygens (including phenoxy) is 1. The van der Waals surface area contributed by atoms with Gasteiger partial charge in [-0.05, 0) is 56.2 Å². The zero-order chi connectivity index (χ0) is 22.8. The summed E-state index contributed by atoms with van der Waals surface area (Å²) in [6.45, 7) is 7.44. The highest BCUT2D eigenvalue weighted by Gasteiger charge is 2.10. The number of halogens is 1. The van der Waals surface area contributed by atoms with Crippen molar-refractivity contribution in [1.82, 2.24) is 15.5 Å². The molecule has 0 bridgehead atoms. The number of carbonyl (C=O) groups is 1. The van der Waals surface area contributed by atoms with E-state index in [1.165, 1.54) is 0 Å². The van der Waals surface area contributed by atoms with Crippen molar-refractivity contribution in [2.75, 3.05) is 27.2 Å². The standard InChI is InChI=1S/C24H34N4O3.HI/c1-6-25-24(26-15-18-7-9-20(10-8-18)23(30)28(4)5)27-16-22(29)19-11-13-21(14-12-19)31-17(2)3;/h7-14,17,22,29H,6,15-16H2,1-5H3,(H2,25,26,27);1H. The van der Waals surface area contributed by atoms with Crippen LogP contribution in [0.3, 0.4) is 0 Å². The average molecular weight is 554 g/mol. The minimum Gasteiger partial charge on any atom is -0.491 e. The molecule has 176 valence electrons. The Morgan fingerprint density at radius 3 is 2.22 bits per heavy atom. The van der Waals surface area contributed by atoms with Crippen LogP contribution < -0.4 is 15.4 Å². The molecular formula is C24H35IN4O3. The Labute approximate surface area is 208 Å². The summed E-state index contributed by atoms with van der Waals surface area (Å²) in [5.41, 5.74) is 2.45. The lowest BCUT2D eigenvalue weighted by Gasteiger charge is -2.16. The number of hydrogen-bond donors (Lipinski definition) is 3. The SMILES string of the molecule is CCNC(=NCc1ccc(C(=O)N(C)C)cc1)NCC(O)c1ccc(OC(C)C)cc1.I. The summed E-state index contributed by atoms with van der Waals surface area (Å²) in [5, 5.41) is 16.9. The number of nitrogens with zero attached hydrogens (tertiary/aromatic N) is 2. The number of rotatable bonds is 9. The number of amides is 1. The number of guanidine groups is 1. The van der Waals surface area contributed by atoms with E-state index in [4.69, 9.17) is 4.74 Å². The van der Waals surface area contributed by atoms with Crippen molar-refractivity contribution in [2.45, 2.75) is 39.5 Å². The van der Waals surface area contributed by atoms with E-state index in [0.29, 0.717) is 31.2 Å². The Morgan fingerprint density at radius 2 is 1.69 bits per heavy atom. The van der Waals surface area contributed by atoms with Gasteiger partial charge in [0, 0.05) is 32.7 Å². The molecule has 2 rings (SSSR count). The van der Waals surface area contributed by atoms with Crippen molar-refractivity contribution in [3.8, 4) is 5.75 Å². The molecule has 0 aromatic heterocycles. The molecule has 3 N–H and O–H groups in total. The fourth-order valence-corrected chi connectivity index (χ4v) is 2.87. The summed E-state index contributed by atoms with van der Waals surface area (Å²) < 4.78 is 5.64. The molecule has 1 unspecified atom stereocenters. The molecule has 0 saturated carbocycles. The maximum absolute atomic E-state index is 12.0. The average Bonchev–Trinajstić information content (AvgIpc) is 2.75. The molecule has 32 heavy (non-hydrogen) atoms. The van der Waals surface area contributed by atoms with Crippen LogP contribution >= 0.6 is 24.0 Å². The first-order chi connectivity index (χ1) is 14.8. The van der Waals surface area contributed by atoms with E-state index in [-0.39, 0.29) is 36.0 Å². The third kappa shape index (κ3) is 9.04. The van der Waals surface area contributed by atoms with E-state index in [1.807, 2.05) is 69.3 Å². The number of benzene rings is 2. The van der Waals surface area contributed by atoms with Crippen LogP contribution in [0.4, 0.5) is 0 Å². The first kappa shape index (κ1) is 27.7. The van der Waals surface area contributed by atoms with Crippen LogP contribution in [0.2, 0.25) is 0 Å². The van der Waals surface area contributed by atoms with Crippen LogP contribution in [0.5, 0.6) is 5.75 Å². The number of carbonyl (C=O) groups excluding carboxylic acids is 1. The third-order valence-electron chi connectivity index (χ3n) is 4.47. The second-order valence-electron chi connectivity index (χ2n) is 7.72. The topological polar surface area (TPSA) is 86.2 Å². The number of aliphatic imine (C=N–C) groups is 1. The predicted octanol–water partition coefficient (Wildman–Crippen LogP) is 3.58. The van der Waals surface area contributed by atoms with Gasteiger partial charge in [0.1, 0.15) is 5.75 Å². The van der Waals surface area contributed by atoms with Gasteiger partial charge in [-0.1, -0.05) is 24.3 Å². The molecular weight excluding hydrogens is 519 g/mol. The molecule has 0 spiro atoms. The molecule has 2 aromatic rings. The molecule has 1 atom stereocenters. The predicted molar refractivity (Wildman–Crippen MR) is 140 cm³/mol. The zero-order valence-corrected chi connectivity index (χ0v) is 21.8. The van der Waals surface area contributed by atoms with E-state index >= 15 is 0 Å². The highest BCUT2D eigenvalue weighted by Crippen LogP contribution is 2.18. The number of aliphatic hydroxyl groups is 1. The monoisotopic (exact) mass is 554 g/mol. The first-order valence-electron chi connectivity index (χ1n) is 10.6. The Bertz CT molecular complexity index is 853. The van der Waals surface area contributed by atoms with E-state index in [2.05, 4.69) is 15.6 Å². The van der Waals surface area contributed by atoms with Crippen molar-refractivity contribution >= 4 is 35.8 Å². The van der Waals surface area contributed by atoms with E-state index in [1.54, 1.807) is 19.0 Å². The van der Waals surface area contributed by atoms with Gasteiger partial charge in [-0.15, -0.1) is 24.0 Å². The summed E-state index contributed by atoms with van der Waals surface area (Å²) >= 11 is 0. The van der Waals surface area contributed by atoms with Crippen molar-refractivity contribution in [3.05, 3.63) is 65.2 Å². The molecule has 1 amide bonds. The Morgan fingerprint density at radius 1 is 1.06 bits per heavy atom. The molecule has 0 aliphatic rings. The van der Waals surface area contributed by atoms with Gasteiger partial charge >= 0.3 is 0 Å². The maximum atomic E-state index is 12.0. The van der Waals surface area contributed by atoms with Gasteiger partial charge in [-0.3, -0.25) is 4.79 Å². The van der Waals surface area contributed by atoms with Gasteiger partial charge in [0.05, 0.1) is 18.8 Å². The van der Waals surface area contributed by atoms with Crippen molar-refractivity contribution < 1.29 is 14.6 Å².